The van der Waals surface area contributed by atoms with E-state index in [0.29, 0.717) is 6.54 Å². The second kappa shape index (κ2) is 12.5. The standard InChI is InChI=1S/C17H27BrN6O.HI/c1-19-17(20-7-9-23(2)8-4-10-25-3)21-11-15-13-24-12-14(18)5-6-16(24)22-15;/h5-6,12-13H,4,7-11H2,1-3H3,(H2,19,20,21);1H. The maximum absolute atomic E-state index is 5.07. The van der Waals surface area contributed by atoms with Gasteiger partial charge in [-0.05, 0) is 41.5 Å². The van der Waals surface area contributed by atoms with Gasteiger partial charge in [-0.15, -0.1) is 24.0 Å². The Morgan fingerprint density at radius 2 is 2.12 bits per heavy atom. The highest BCUT2D eigenvalue weighted by atomic mass is 127. The van der Waals surface area contributed by atoms with Crippen molar-refractivity contribution in [3.05, 3.63) is 34.7 Å². The summed E-state index contributed by atoms with van der Waals surface area (Å²) in [4.78, 5) is 11.1. The molecule has 0 fully saturated rings. The van der Waals surface area contributed by atoms with Crippen LogP contribution in [0.25, 0.3) is 5.65 Å². The second-order valence-corrected chi connectivity index (χ2v) is 6.76. The number of nitrogens with one attached hydrogen (secondary N) is 2. The van der Waals surface area contributed by atoms with Crippen LogP contribution in [0.4, 0.5) is 0 Å². The molecule has 0 atom stereocenters. The van der Waals surface area contributed by atoms with Gasteiger partial charge in [0.2, 0.25) is 0 Å². The third-order valence-electron chi connectivity index (χ3n) is 3.80. The number of aliphatic imine (C=N–C) groups is 1. The third kappa shape index (κ3) is 7.77. The van der Waals surface area contributed by atoms with Crippen molar-refractivity contribution < 1.29 is 4.74 Å². The molecule has 2 aromatic heterocycles. The first-order valence-corrected chi connectivity index (χ1v) is 9.17. The monoisotopic (exact) mass is 538 g/mol. The van der Waals surface area contributed by atoms with Gasteiger partial charge in [-0.25, -0.2) is 4.98 Å². The number of ether oxygens (including phenoxy) is 1. The summed E-state index contributed by atoms with van der Waals surface area (Å²) in [6, 6.07) is 3.98. The van der Waals surface area contributed by atoms with Crippen molar-refractivity contribution in [2.75, 3.05) is 47.4 Å². The minimum Gasteiger partial charge on any atom is -0.385 e. The fourth-order valence-corrected chi connectivity index (χ4v) is 2.81. The molecule has 0 unspecified atom stereocenters. The van der Waals surface area contributed by atoms with Crippen molar-refractivity contribution >= 4 is 51.5 Å². The van der Waals surface area contributed by atoms with Gasteiger partial charge in [0.05, 0.1) is 12.2 Å². The van der Waals surface area contributed by atoms with Crippen molar-refractivity contribution in [1.29, 1.82) is 0 Å². The molecule has 0 saturated heterocycles. The molecule has 0 radical (unpaired) electrons. The molecule has 26 heavy (non-hydrogen) atoms. The Labute approximate surface area is 180 Å². The Morgan fingerprint density at radius 1 is 1.31 bits per heavy atom. The minimum absolute atomic E-state index is 0. The number of pyridine rings is 1. The molecule has 0 aliphatic carbocycles. The molecule has 2 N–H and O–H groups in total. The number of imidazole rings is 1. The highest BCUT2D eigenvalue weighted by Gasteiger charge is 2.04. The van der Waals surface area contributed by atoms with E-state index < -0.39 is 0 Å². The fraction of sp³-hybridized carbons (Fsp3) is 0.529. The molecular weight excluding hydrogens is 511 g/mol. The smallest absolute Gasteiger partial charge is 0.191 e. The van der Waals surface area contributed by atoms with E-state index in [-0.39, 0.29) is 24.0 Å². The van der Waals surface area contributed by atoms with E-state index >= 15 is 0 Å². The molecule has 0 saturated carbocycles. The quantitative estimate of drug-likeness (QED) is 0.222. The van der Waals surface area contributed by atoms with Gasteiger partial charge in [0, 0.05) is 57.3 Å². The molecule has 0 aliphatic heterocycles. The molecule has 0 spiro atoms. The molecule has 7 nitrogen and oxygen atoms in total. The Hall–Kier alpha value is -0.910. The number of hydrogen-bond acceptors (Lipinski definition) is 4. The lowest BCUT2D eigenvalue weighted by Crippen LogP contribution is -2.40. The molecule has 9 heteroatoms. The molecular formula is C17H28BrIN6O. The van der Waals surface area contributed by atoms with Crippen molar-refractivity contribution in [2.45, 2.75) is 13.0 Å². The Balaban J connectivity index is 0.00000338. The number of nitrogens with zero attached hydrogens (tertiary/aromatic N) is 4. The first kappa shape index (κ1) is 23.1. The van der Waals surface area contributed by atoms with E-state index in [1.54, 1.807) is 14.2 Å². The summed E-state index contributed by atoms with van der Waals surface area (Å²) < 4.78 is 8.11. The fourth-order valence-electron chi connectivity index (χ4n) is 2.45. The number of aromatic nitrogens is 2. The lowest BCUT2D eigenvalue weighted by Gasteiger charge is -2.17. The van der Waals surface area contributed by atoms with Gasteiger partial charge < -0.3 is 24.7 Å². The van der Waals surface area contributed by atoms with Gasteiger partial charge in [-0.1, -0.05) is 0 Å². The average molecular weight is 539 g/mol. The van der Waals surface area contributed by atoms with Gasteiger partial charge in [0.1, 0.15) is 5.65 Å². The summed E-state index contributed by atoms with van der Waals surface area (Å²) >= 11 is 3.47. The normalized spacial score (nSPS) is 11.7. The van der Waals surface area contributed by atoms with Crippen molar-refractivity contribution in [1.82, 2.24) is 24.9 Å². The summed E-state index contributed by atoms with van der Waals surface area (Å²) in [7, 11) is 5.62. The zero-order chi connectivity index (χ0) is 18.1. The van der Waals surface area contributed by atoms with Crippen LogP contribution in [0.5, 0.6) is 0 Å². The van der Waals surface area contributed by atoms with Crippen LogP contribution in [-0.2, 0) is 11.3 Å². The summed E-state index contributed by atoms with van der Waals surface area (Å²) in [5, 5.41) is 6.63. The summed E-state index contributed by atoms with van der Waals surface area (Å²) in [5.41, 5.74) is 1.90. The van der Waals surface area contributed by atoms with Crippen LogP contribution >= 0.6 is 39.9 Å². The number of guanidine groups is 1. The molecule has 0 amide bonds. The SMILES string of the molecule is CN=C(NCCN(C)CCCOC)NCc1cn2cc(Br)ccc2n1.I. The Bertz CT molecular complexity index is 693. The molecule has 0 aliphatic rings. The summed E-state index contributed by atoms with van der Waals surface area (Å²) in [6.45, 7) is 4.24. The zero-order valence-corrected chi connectivity index (χ0v) is 19.5. The van der Waals surface area contributed by atoms with E-state index in [1.165, 1.54) is 0 Å². The van der Waals surface area contributed by atoms with E-state index in [1.807, 2.05) is 28.9 Å². The van der Waals surface area contributed by atoms with Crippen LogP contribution in [0.3, 0.4) is 0 Å². The van der Waals surface area contributed by atoms with Gasteiger partial charge in [0.25, 0.3) is 0 Å². The van der Waals surface area contributed by atoms with Gasteiger partial charge in [0.15, 0.2) is 5.96 Å². The topological polar surface area (TPSA) is 66.2 Å². The molecule has 146 valence electrons. The lowest BCUT2D eigenvalue weighted by molar-refractivity contribution is 0.180. The van der Waals surface area contributed by atoms with Crippen LogP contribution in [0, 0.1) is 0 Å². The van der Waals surface area contributed by atoms with E-state index in [9.17, 15) is 0 Å². The van der Waals surface area contributed by atoms with Gasteiger partial charge >= 0.3 is 0 Å². The Kier molecular flexibility index (Phi) is 11.1. The van der Waals surface area contributed by atoms with Crippen molar-refractivity contribution in [2.24, 2.45) is 4.99 Å². The lowest BCUT2D eigenvalue weighted by atomic mass is 10.4. The van der Waals surface area contributed by atoms with E-state index in [4.69, 9.17) is 4.74 Å². The predicted octanol–water partition coefficient (Wildman–Crippen LogP) is 2.35. The van der Waals surface area contributed by atoms with Gasteiger partial charge in [-0.3, -0.25) is 4.99 Å². The average Bonchev–Trinajstić information content (AvgIpc) is 3.00. The number of methoxy groups -OCH3 is 1. The number of rotatable bonds is 9. The van der Waals surface area contributed by atoms with E-state index in [0.717, 1.165) is 54.4 Å². The summed E-state index contributed by atoms with van der Waals surface area (Å²) in [6.07, 6.45) is 5.06. The Morgan fingerprint density at radius 3 is 2.85 bits per heavy atom. The number of hydrogen-bond donors (Lipinski definition) is 2. The van der Waals surface area contributed by atoms with Crippen LogP contribution in [0.2, 0.25) is 0 Å². The predicted molar refractivity (Wildman–Crippen MR) is 120 cm³/mol. The first-order chi connectivity index (χ1) is 12.1. The molecule has 2 aromatic rings. The van der Waals surface area contributed by atoms with Crippen LogP contribution in [0.15, 0.2) is 34.0 Å². The maximum Gasteiger partial charge on any atom is 0.191 e. The van der Waals surface area contributed by atoms with Crippen molar-refractivity contribution in [3.63, 3.8) is 0 Å². The number of halogens is 2. The van der Waals surface area contributed by atoms with Gasteiger partial charge in [-0.2, -0.15) is 0 Å². The molecule has 2 rings (SSSR count). The molecule has 0 aromatic carbocycles. The second-order valence-electron chi connectivity index (χ2n) is 5.85. The van der Waals surface area contributed by atoms with Crippen LogP contribution < -0.4 is 10.6 Å². The highest BCUT2D eigenvalue weighted by molar-refractivity contribution is 14.0. The van der Waals surface area contributed by atoms with E-state index in [2.05, 4.69) is 48.5 Å². The first-order valence-electron chi connectivity index (χ1n) is 8.37. The minimum atomic E-state index is 0. The number of likely N-dealkylation sites (N-methyl/N-ethyl adjacent to an activating group) is 1. The third-order valence-corrected chi connectivity index (χ3v) is 4.27. The maximum atomic E-state index is 5.07. The zero-order valence-electron chi connectivity index (χ0n) is 15.5. The number of fused-ring (bicyclic) bond motifs is 1. The highest BCUT2D eigenvalue weighted by Crippen LogP contribution is 2.12. The summed E-state index contributed by atoms with van der Waals surface area (Å²) in [5.74, 6) is 0.781. The largest absolute Gasteiger partial charge is 0.385 e. The molecule has 0 bridgehead atoms. The molecule has 2 heterocycles. The van der Waals surface area contributed by atoms with Crippen LogP contribution in [0.1, 0.15) is 12.1 Å². The van der Waals surface area contributed by atoms with Crippen molar-refractivity contribution in [3.8, 4) is 0 Å². The van der Waals surface area contributed by atoms with Crippen LogP contribution in [-0.4, -0.2) is 67.7 Å².